The fourth-order valence-electron chi connectivity index (χ4n) is 2.43. The second kappa shape index (κ2) is 8.60. The second-order valence-corrected chi connectivity index (χ2v) is 5.74. The molecule has 0 aliphatic carbocycles. The molecule has 1 heterocycles. The minimum absolute atomic E-state index is 0.00281. The summed E-state index contributed by atoms with van der Waals surface area (Å²) in [7, 11) is 1.24. The van der Waals surface area contributed by atoms with Gasteiger partial charge in [0, 0.05) is 12.0 Å². The minimum Gasteiger partial charge on any atom is -0.469 e. The first-order valence-corrected chi connectivity index (χ1v) is 7.86. The summed E-state index contributed by atoms with van der Waals surface area (Å²) in [6.07, 6.45) is 0.944. The quantitative estimate of drug-likeness (QED) is 0.752. The van der Waals surface area contributed by atoms with Crippen LogP contribution < -0.4 is 0 Å². The lowest BCUT2D eigenvalue weighted by Crippen LogP contribution is -2.20. The standard InChI is InChI=1S/C19H21FO5/c1-12-9-17(13-3-5-14(20)6-4-13)18(25-12)8-7-15(21)10-16(22)11-19(23)24-2/h3-9,15-16,21-22H,10-11H2,1-2H3/b8-7+/t15-,16+/m1/s1. The lowest BCUT2D eigenvalue weighted by Gasteiger charge is -2.11. The van der Waals surface area contributed by atoms with Gasteiger partial charge in [0.25, 0.3) is 0 Å². The molecule has 0 unspecified atom stereocenters. The highest BCUT2D eigenvalue weighted by molar-refractivity contribution is 5.73. The van der Waals surface area contributed by atoms with E-state index in [4.69, 9.17) is 4.42 Å². The number of aliphatic hydroxyl groups is 2. The van der Waals surface area contributed by atoms with Crippen LogP contribution in [0, 0.1) is 12.7 Å². The monoisotopic (exact) mass is 348 g/mol. The predicted octanol–water partition coefficient (Wildman–Crippen LogP) is 3.08. The van der Waals surface area contributed by atoms with Gasteiger partial charge in [0.15, 0.2) is 0 Å². The SMILES string of the molecule is COC(=O)C[C@@H](O)C[C@H](O)/C=C/c1oc(C)cc1-c1ccc(F)cc1. The summed E-state index contributed by atoms with van der Waals surface area (Å²) in [4.78, 5) is 11.1. The zero-order valence-electron chi connectivity index (χ0n) is 14.1. The summed E-state index contributed by atoms with van der Waals surface area (Å²) in [5.41, 5.74) is 1.56. The number of halogens is 1. The average molecular weight is 348 g/mol. The molecule has 1 aromatic heterocycles. The zero-order chi connectivity index (χ0) is 18.4. The number of esters is 1. The minimum atomic E-state index is -0.998. The van der Waals surface area contributed by atoms with E-state index in [9.17, 15) is 19.4 Å². The summed E-state index contributed by atoms with van der Waals surface area (Å²) < 4.78 is 23.1. The van der Waals surface area contributed by atoms with Crippen molar-refractivity contribution in [3.05, 3.63) is 53.7 Å². The predicted molar refractivity (Wildman–Crippen MR) is 91.1 cm³/mol. The highest BCUT2D eigenvalue weighted by Gasteiger charge is 2.15. The van der Waals surface area contributed by atoms with E-state index in [-0.39, 0.29) is 18.7 Å². The van der Waals surface area contributed by atoms with E-state index in [2.05, 4.69) is 4.74 Å². The average Bonchev–Trinajstić information content (AvgIpc) is 2.94. The van der Waals surface area contributed by atoms with Gasteiger partial charge in [0.2, 0.25) is 0 Å². The summed E-state index contributed by atoms with van der Waals surface area (Å²) in [6, 6.07) is 7.85. The van der Waals surface area contributed by atoms with Gasteiger partial charge in [-0.25, -0.2) is 4.39 Å². The second-order valence-electron chi connectivity index (χ2n) is 5.74. The lowest BCUT2D eigenvalue weighted by atomic mass is 10.0. The van der Waals surface area contributed by atoms with Crippen LogP contribution in [-0.2, 0) is 9.53 Å². The van der Waals surface area contributed by atoms with Crippen molar-refractivity contribution in [3.63, 3.8) is 0 Å². The van der Waals surface area contributed by atoms with E-state index < -0.39 is 18.2 Å². The van der Waals surface area contributed by atoms with Crippen LogP contribution in [0.5, 0.6) is 0 Å². The summed E-state index contributed by atoms with van der Waals surface area (Å²) in [5.74, 6) is 0.338. The van der Waals surface area contributed by atoms with E-state index in [0.29, 0.717) is 11.5 Å². The highest BCUT2D eigenvalue weighted by atomic mass is 19.1. The van der Waals surface area contributed by atoms with Gasteiger partial charge in [-0.15, -0.1) is 0 Å². The van der Waals surface area contributed by atoms with E-state index in [0.717, 1.165) is 11.1 Å². The summed E-state index contributed by atoms with van der Waals surface area (Å²) >= 11 is 0. The van der Waals surface area contributed by atoms with Gasteiger partial charge in [-0.3, -0.25) is 4.79 Å². The molecule has 0 aliphatic heterocycles. The molecule has 0 aliphatic rings. The third-order valence-corrected chi connectivity index (χ3v) is 3.65. The summed E-state index contributed by atoms with van der Waals surface area (Å²) in [5, 5.41) is 19.7. The molecule has 0 amide bonds. The van der Waals surface area contributed by atoms with Crippen molar-refractivity contribution < 1.29 is 28.6 Å². The fourth-order valence-corrected chi connectivity index (χ4v) is 2.43. The Morgan fingerprint density at radius 2 is 2.00 bits per heavy atom. The van der Waals surface area contributed by atoms with E-state index >= 15 is 0 Å². The van der Waals surface area contributed by atoms with Gasteiger partial charge in [-0.05, 0) is 36.8 Å². The Balaban J connectivity index is 2.08. The largest absolute Gasteiger partial charge is 0.469 e. The normalized spacial score (nSPS) is 13.8. The van der Waals surface area contributed by atoms with Crippen molar-refractivity contribution in [3.8, 4) is 11.1 Å². The molecule has 6 heteroatoms. The molecule has 134 valence electrons. The number of aliphatic hydroxyl groups excluding tert-OH is 2. The van der Waals surface area contributed by atoms with Crippen LogP contribution in [-0.4, -0.2) is 35.5 Å². The summed E-state index contributed by atoms with van der Waals surface area (Å²) in [6.45, 7) is 1.79. The molecule has 0 bridgehead atoms. The third kappa shape index (κ3) is 5.55. The molecule has 0 saturated carbocycles. The van der Waals surface area contributed by atoms with Crippen LogP contribution in [0.2, 0.25) is 0 Å². The Morgan fingerprint density at radius 3 is 2.64 bits per heavy atom. The first-order chi connectivity index (χ1) is 11.9. The molecule has 0 radical (unpaired) electrons. The Bertz CT molecular complexity index is 733. The number of benzene rings is 1. The Kier molecular flexibility index (Phi) is 6.50. The van der Waals surface area contributed by atoms with Crippen LogP contribution in [0.3, 0.4) is 0 Å². The number of methoxy groups -OCH3 is 1. The first-order valence-electron chi connectivity index (χ1n) is 7.86. The molecule has 0 saturated heterocycles. The van der Waals surface area contributed by atoms with E-state index in [1.54, 1.807) is 25.1 Å². The molecule has 2 rings (SSSR count). The van der Waals surface area contributed by atoms with Crippen molar-refractivity contribution >= 4 is 12.0 Å². The molecule has 0 fully saturated rings. The number of carbonyl (C=O) groups is 1. The molecule has 0 spiro atoms. The Hall–Kier alpha value is -2.44. The lowest BCUT2D eigenvalue weighted by molar-refractivity contribution is -0.143. The highest BCUT2D eigenvalue weighted by Crippen LogP contribution is 2.28. The van der Waals surface area contributed by atoms with Crippen LogP contribution >= 0.6 is 0 Å². The molecule has 2 aromatic rings. The molecule has 25 heavy (non-hydrogen) atoms. The number of carbonyl (C=O) groups excluding carboxylic acids is 1. The van der Waals surface area contributed by atoms with Gasteiger partial charge >= 0.3 is 5.97 Å². The van der Waals surface area contributed by atoms with Crippen molar-refractivity contribution in [2.45, 2.75) is 32.0 Å². The molecule has 5 nitrogen and oxygen atoms in total. The molecule has 2 N–H and O–H groups in total. The van der Waals surface area contributed by atoms with Crippen LogP contribution in [0.25, 0.3) is 17.2 Å². The van der Waals surface area contributed by atoms with Gasteiger partial charge in [0.05, 0.1) is 25.7 Å². The topological polar surface area (TPSA) is 79.9 Å². The molecular weight excluding hydrogens is 327 g/mol. The number of rotatable bonds is 7. The molecule has 1 aromatic carbocycles. The molecule has 2 atom stereocenters. The van der Waals surface area contributed by atoms with Crippen molar-refractivity contribution in [2.24, 2.45) is 0 Å². The Labute approximate surface area is 145 Å². The smallest absolute Gasteiger partial charge is 0.308 e. The maximum Gasteiger partial charge on any atom is 0.308 e. The number of hydrogen-bond acceptors (Lipinski definition) is 5. The van der Waals surface area contributed by atoms with E-state index in [1.165, 1.54) is 25.3 Å². The number of ether oxygens (including phenoxy) is 1. The number of aryl methyl sites for hydroxylation is 1. The molecular formula is C19H21FO5. The van der Waals surface area contributed by atoms with E-state index in [1.807, 2.05) is 6.07 Å². The number of furan rings is 1. The zero-order valence-corrected chi connectivity index (χ0v) is 14.1. The van der Waals surface area contributed by atoms with Gasteiger partial charge in [-0.2, -0.15) is 0 Å². The van der Waals surface area contributed by atoms with Gasteiger partial charge in [0.1, 0.15) is 17.3 Å². The van der Waals surface area contributed by atoms with Crippen molar-refractivity contribution in [2.75, 3.05) is 7.11 Å². The third-order valence-electron chi connectivity index (χ3n) is 3.65. The van der Waals surface area contributed by atoms with Gasteiger partial charge in [-0.1, -0.05) is 18.2 Å². The maximum atomic E-state index is 13.1. The van der Waals surface area contributed by atoms with Crippen molar-refractivity contribution in [1.29, 1.82) is 0 Å². The fraction of sp³-hybridized carbons (Fsp3) is 0.316. The Morgan fingerprint density at radius 1 is 1.32 bits per heavy atom. The van der Waals surface area contributed by atoms with Crippen molar-refractivity contribution in [1.82, 2.24) is 0 Å². The number of hydrogen-bond donors (Lipinski definition) is 2. The van der Waals surface area contributed by atoms with Crippen LogP contribution in [0.15, 0.2) is 40.8 Å². The van der Waals surface area contributed by atoms with Gasteiger partial charge < -0.3 is 19.4 Å². The van der Waals surface area contributed by atoms with Crippen LogP contribution in [0.4, 0.5) is 4.39 Å². The van der Waals surface area contributed by atoms with Crippen LogP contribution in [0.1, 0.15) is 24.4 Å². The first kappa shape index (κ1) is 18.9. The maximum absolute atomic E-state index is 13.1.